The van der Waals surface area contributed by atoms with Gasteiger partial charge in [-0.05, 0) is 25.6 Å². The summed E-state index contributed by atoms with van der Waals surface area (Å²) in [5.41, 5.74) is 1.43. The van der Waals surface area contributed by atoms with Gasteiger partial charge in [0, 0.05) is 18.1 Å². The number of nitrogens with one attached hydrogen (secondary N) is 1. The van der Waals surface area contributed by atoms with Crippen LogP contribution in [-0.2, 0) is 6.54 Å². The van der Waals surface area contributed by atoms with Gasteiger partial charge in [0.1, 0.15) is 5.69 Å². The van der Waals surface area contributed by atoms with Gasteiger partial charge in [-0.25, -0.2) is 4.39 Å². The molecule has 104 valence electrons. The van der Waals surface area contributed by atoms with E-state index >= 15 is 0 Å². The first-order valence-electron chi connectivity index (χ1n) is 6.22. The third kappa shape index (κ3) is 2.17. The number of hydrogen-bond acceptors (Lipinski definition) is 4. The summed E-state index contributed by atoms with van der Waals surface area (Å²) in [6, 6.07) is 5.09. The van der Waals surface area contributed by atoms with E-state index in [2.05, 4.69) is 10.3 Å². The molecule has 6 heteroatoms. The fourth-order valence-corrected chi connectivity index (χ4v) is 2.75. The second-order valence-corrected chi connectivity index (χ2v) is 5.31. The Bertz CT molecular complexity index is 750. The molecule has 1 aromatic carbocycles. The van der Waals surface area contributed by atoms with Gasteiger partial charge in [0.15, 0.2) is 16.5 Å². The van der Waals surface area contributed by atoms with Gasteiger partial charge < -0.3 is 10.1 Å². The van der Waals surface area contributed by atoms with Crippen molar-refractivity contribution >= 4 is 16.3 Å². The Morgan fingerprint density at radius 1 is 1.45 bits per heavy atom. The highest BCUT2D eigenvalue weighted by atomic mass is 32.1. The molecule has 0 aliphatic heterocycles. The van der Waals surface area contributed by atoms with E-state index in [4.69, 9.17) is 4.74 Å². The normalized spacial score (nSPS) is 11.2. The average Bonchev–Trinajstić information content (AvgIpc) is 2.99. The Morgan fingerprint density at radius 3 is 3.10 bits per heavy atom. The molecule has 0 atom stereocenters. The molecule has 3 aromatic rings. The topological polar surface area (TPSA) is 38.6 Å². The Morgan fingerprint density at radius 2 is 2.30 bits per heavy atom. The number of imidazole rings is 1. The zero-order chi connectivity index (χ0) is 14.1. The van der Waals surface area contributed by atoms with E-state index in [0.29, 0.717) is 18.0 Å². The highest BCUT2D eigenvalue weighted by molar-refractivity contribution is 7.15. The standard InChI is InChI=1S/C14H14FN3OS/c1-9-4-3-5-11(12(9)15)19-13-10(8-16-2)18-6-7-20-14(18)17-13/h3-7,16H,8H2,1-2H3. The predicted octanol–water partition coefficient (Wildman–Crippen LogP) is 3.36. The molecule has 0 aliphatic carbocycles. The Labute approximate surface area is 119 Å². The van der Waals surface area contributed by atoms with Crippen LogP contribution in [0.4, 0.5) is 4.39 Å². The quantitative estimate of drug-likeness (QED) is 0.801. The van der Waals surface area contributed by atoms with E-state index in [-0.39, 0.29) is 11.6 Å². The van der Waals surface area contributed by atoms with Crippen molar-refractivity contribution in [1.29, 1.82) is 0 Å². The third-order valence-corrected chi connectivity index (χ3v) is 3.79. The molecule has 0 aliphatic rings. The molecule has 1 N–H and O–H groups in total. The van der Waals surface area contributed by atoms with Crippen molar-refractivity contribution in [3.63, 3.8) is 0 Å². The van der Waals surface area contributed by atoms with E-state index in [1.54, 1.807) is 25.1 Å². The molecule has 0 unspecified atom stereocenters. The molecule has 20 heavy (non-hydrogen) atoms. The van der Waals surface area contributed by atoms with Gasteiger partial charge in [0.2, 0.25) is 5.88 Å². The van der Waals surface area contributed by atoms with Gasteiger partial charge in [-0.2, -0.15) is 4.98 Å². The molecule has 0 radical (unpaired) electrons. The van der Waals surface area contributed by atoms with Crippen molar-refractivity contribution in [2.45, 2.75) is 13.5 Å². The van der Waals surface area contributed by atoms with Crippen LogP contribution < -0.4 is 10.1 Å². The van der Waals surface area contributed by atoms with Gasteiger partial charge >= 0.3 is 0 Å². The summed E-state index contributed by atoms with van der Waals surface area (Å²) >= 11 is 1.52. The summed E-state index contributed by atoms with van der Waals surface area (Å²) in [6.45, 7) is 2.31. The van der Waals surface area contributed by atoms with Gasteiger partial charge in [-0.3, -0.25) is 4.40 Å². The van der Waals surface area contributed by atoms with Crippen molar-refractivity contribution in [2.75, 3.05) is 7.05 Å². The second-order valence-electron chi connectivity index (χ2n) is 4.44. The summed E-state index contributed by atoms with van der Waals surface area (Å²) in [7, 11) is 1.85. The van der Waals surface area contributed by atoms with Crippen LogP contribution in [0.2, 0.25) is 0 Å². The predicted molar refractivity (Wildman–Crippen MR) is 77.0 cm³/mol. The lowest BCUT2D eigenvalue weighted by atomic mass is 10.2. The zero-order valence-corrected chi connectivity index (χ0v) is 12.0. The molecule has 0 spiro atoms. The number of rotatable bonds is 4. The molecule has 0 fully saturated rings. The van der Waals surface area contributed by atoms with Gasteiger partial charge in [-0.15, -0.1) is 11.3 Å². The highest BCUT2D eigenvalue weighted by Gasteiger charge is 2.16. The maximum Gasteiger partial charge on any atom is 0.243 e. The maximum absolute atomic E-state index is 14.0. The number of thiazole rings is 1. The van der Waals surface area contributed by atoms with Crippen LogP contribution in [0.5, 0.6) is 11.6 Å². The van der Waals surface area contributed by atoms with Crippen molar-refractivity contribution in [3.05, 3.63) is 46.9 Å². The number of fused-ring (bicyclic) bond motifs is 1. The molecule has 0 saturated carbocycles. The van der Waals surface area contributed by atoms with E-state index in [0.717, 1.165) is 10.7 Å². The summed E-state index contributed by atoms with van der Waals surface area (Å²) in [6.07, 6.45) is 1.93. The van der Waals surface area contributed by atoms with E-state index in [9.17, 15) is 4.39 Å². The minimum absolute atomic E-state index is 0.202. The number of halogens is 1. The molecular formula is C14H14FN3OS. The molecule has 3 rings (SSSR count). The summed E-state index contributed by atoms with van der Waals surface area (Å²) < 4.78 is 21.6. The fourth-order valence-electron chi connectivity index (χ4n) is 2.03. The minimum atomic E-state index is -0.348. The van der Waals surface area contributed by atoms with E-state index in [1.165, 1.54) is 11.3 Å². The first-order valence-corrected chi connectivity index (χ1v) is 7.10. The summed E-state index contributed by atoms with van der Waals surface area (Å²) in [4.78, 5) is 5.24. The minimum Gasteiger partial charge on any atom is -0.434 e. The smallest absolute Gasteiger partial charge is 0.243 e. The second kappa shape index (κ2) is 5.22. The SMILES string of the molecule is CNCc1c(Oc2cccc(C)c2F)nc2sccn12. The summed E-state index contributed by atoms with van der Waals surface area (Å²) in [5.74, 6) is 0.295. The number of hydrogen-bond donors (Lipinski definition) is 1. The van der Waals surface area contributed by atoms with Crippen LogP contribution in [0.1, 0.15) is 11.3 Å². The van der Waals surface area contributed by atoms with E-state index < -0.39 is 0 Å². The van der Waals surface area contributed by atoms with Gasteiger partial charge in [0.25, 0.3) is 0 Å². The van der Waals surface area contributed by atoms with Crippen molar-refractivity contribution in [1.82, 2.24) is 14.7 Å². The molecule has 2 aromatic heterocycles. The third-order valence-electron chi connectivity index (χ3n) is 3.03. The van der Waals surface area contributed by atoms with Crippen LogP contribution >= 0.6 is 11.3 Å². The van der Waals surface area contributed by atoms with Crippen LogP contribution in [0, 0.1) is 12.7 Å². The number of benzene rings is 1. The van der Waals surface area contributed by atoms with Crippen LogP contribution in [0.15, 0.2) is 29.8 Å². The lowest BCUT2D eigenvalue weighted by molar-refractivity contribution is 0.421. The molecule has 4 nitrogen and oxygen atoms in total. The fraction of sp³-hybridized carbons (Fsp3) is 0.214. The van der Waals surface area contributed by atoms with Gasteiger partial charge in [-0.1, -0.05) is 12.1 Å². The van der Waals surface area contributed by atoms with Crippen molar-refractivity contribution < 1.29 is 9.13 Å². The molecule has 0 amide bonds. The number of aryl methyl sites for hydroxylation is 1. The highest BCUT2D eigenvalue weighted by Crippen LogP contribution is 2.30. The Balaban J connectivity index is 2.03. The molecular weight excluding hydrogens is 277 g/mol. The Kier molecular flexibility index (Phi) is 3.42. The first-order chi connectivity index (χ1) is 9.70. The molecule has 2 heterocycles. The average molecular weight is 291 g/mol. The number of ether oxygens (including phenoxy) is 1. The van der Waals surface area contributed by atoms with Crippen LogP contribution in [-0.4, -0.2) is 16.4 Å². The van der Waals surface area contributed by atoms with Crippen LogP contribution in [0.3, 0.4) is 0 Å². The van der Waals surface area contributed by atoms with Crippen molar-refractivity contribution in [2.24, 2.45) is 0 Å². The monoisotopic (exact) mass is 291 g/mol. The lowest BCUT2D eigenvalue weighted by Crippen LogP contribution is -2.08. The maximum atomic E-state index is 14.0. The Hall–Kier alpha value is -1.92. The number of nitrogens with zero attached hydrogens (tertiary/aromatic N) is 2. The lowest BCUT2D eigenvalue weighted by Gasteiger charge is -2.08. The first kappa shape index (κ1) is 13.1. The van der Waals surface area contributed by atoms with Gasteiger partial charge in [0.05, 0.1) is 0 Å². The number of aromatic nitrogens is 2. The molecule has 0 saturated heterocycles. The van der Waals surface area contributed by atoms with E-state index in [1.807, 2.05) is 23.0 Å². The van der Waals surface area contributed by atoms with Crippen molar-refractivity contribution in [3.8, 4) is 11.6 Å². The largest absolute Gasteiger partial charge is 0.434 e. The molecule has 0 bridgehead atoms. The zero-order valence-electron chi connectivity index (χ0n) is 11.2. The van der Waals surface area contributed by atoms with Crippen LogP contribution in [0.25, 0.3) is 4.96 Å². The summed E-state index contributed by atoms with van der Waals surface area (Å²) in [5, 5.41) is 5.03.